The van der Waals surface area contributed by atoms with Gasteiger partial charge in [0.2, 0.25) is 0 Å². The van der Waals surface area contributed by atoms with Gasteiger partial charge in [-0.05, 0) is 67.2 Å². The van der Waals surface area contributed by atoms with Crippen molar-refractivity contribution in [1.82, 2.24) is 14.8 Å². The second kappa shape index (κ2) is 9.85. The molecule has 3 heterocycles. The van der Waals surface area contributed by atoms with Crippen molar-refractivity contribution < 1.29 is 14.2 Å². The molecule has 3 aromatic rings. The van der Waals surface area contributed by atoms with Crippen molar-refractivity contribution in [3.8, 4) is 17.2 Å². The molecule has 5 rings (SSSR count). The fraction of sp³-hybridized carbons (Fsp3) is 0.423. The average Bonchev–Trinajstić information content (AvgIpc) is 2.87. The molecule has 1 N–H and O–H groups in total. The largest absolute Gasteiger partial charge is 0.497 e. The van der Waals surface area contributed by atoms with E-state index in [2.05, 4.69) is 22.3 Å². The smallest absolute Gasteiger partial charge is 0.251 e. The summed E-state index contributed by atoms with van der Waals surface area (Å²) < 4.78 is 18.5. The number of methoxy groups -OCH3 is 1. The third-order valence-electron chi connectivity index (χ3n) is 6.63. The van der Waals surface area contributed by atoms with Gasteiger partial charge in [0.05, 0.1) is 12.6 Å². The SMILES string of the molecule is COc1ccc2ccc(=O)n(CCN3CCC(NCc4ccc5c(c4)OCCO5)CC3)c2c1. The predicted molar refractivity (Wildman–Crippen MR) is 128 cm³/mol. The minimum atomic E-state index is 0.0340. The first kappa shape index (κ1) is 21.8. The van der Waals surface area contributed by atoms with Crippen molar-refractivity contribution in [1.29, 1.82) is 0 Å². The van der Waals surface area contributed by atoms with Crippen LogP contribution < -0.4 is 25.1 Å². The summed E-state index contributed by atoms with van der Waals surface area (Å²) >= 11 is 0. The molecule has 7 heteroatoms. The van der Waals surface area contributed by atoms with Gasteiger partial charge in [0.15, 0.2) is 11.5 Å². The van der Waals surface area contributed by atoms with Gasteiger partial charge in [-0.3, -0.25) is 4.79 Å². The number of fused-ring (bicyclic) bond motifs is 2. The highest BCUT2D eigenvalue weighted by atomic mass is 16.6. The zero-order valence-corrected chi connectivity index (χ0v) is 19.1. The van der Waals surface area contributed by atoms with Crippen molar-refractivity contribution in [3.63, 3.8) is 0 Å². The van der Waals surface area contributed by atoms with E-state index in [9.17, 15) is 4.79 Å². The van der Waals surface area contributed by atoms with Gasteiger partial charge in [0, 0.05) is 37.8 Å². The van der Waals surface area contributed by atoms with Gasteiger partial charge in [0.25, 0.3) is 5.56 Å². The molecule has 1 fully saturated rings. The fourth-order valence-corrected chi connectivity index (χ4v) is 4.69. The standard InChI is InChI=1S/C26H31N3O4/c1-31-22-5-3-20-4-7-26(30)29(23(20)17-22)13-12-28-10-8-21(9-11-28)27-18-19-2-6-24-25(16-19)33-15-14-32-24/h2-7,16-17,21,27H,8-15,18H2,1H3. The highest BCUT2D eigenvalue weighted by Crippen LogP contribution is 2.30. The minimum Gasteiger partial charge on any atom is -0.497 e. The summed E-state index contributed by atoms with van der Waals surface area (Å²) in [6.07, 6.45) is 2.20. The first-order valence-corrected chi connectivity index (χ1v) is 11.7. The van der Waals surface area contributed by atoms with Crippen LogP contribution in [0.3, 0.4) is 0 Å². The molecule has 0 bridgehead atoms. The Hall–Kier alpha value is -3.03. The molecule has 0 spiro atoms. The van der Waals surface area contributed by atoms with Gasteiger partial charge in [-0.15, -0.1) is 0 Å². The molecule has 1 saturated heterocycles. The second-order valence-corrected chi connectivity index (χ2v) is 8.72. The Bertz CT molecular complexity index is 1170. The van der Waals surface area contributed by atoms with Gasteiger partial charge in [-0.1, -0.05) is 6.07 Å². The maximum atomic E-state index is 12.5. The van der Waals surface area contributed by atoms with Crippen LogP contribution in [0.25, 0.3) is 10.9 Å². The Morgan fingerprint density at radius 3 is 2.58 bits per heavy atom. The van der Waals surface area contributed by atoms with Crippen LogP contribution in [0, 0.1) is 0 Å². The summed E-state index contributed by atoms with van der Waals surface area (Å²) in [6.45, 7) is 5.66. The van der Waals surface area contributed by atoms with Crippen LogP contribution in [0.15, 0.2) is 53.3 Å². The van der Waals surface area contributed by atoms with E-state index in [1.165, 1.54) is 5.56 Å². The summed E-state index contributed by atoms with van der Waals surface area (Å²) in [7, 11) is 1.65. The molecular formula is C26H31N3O4. The first-order chi connectivity index (χ1) is 16.2. The number of piperidine rings is 1. The molecule has 2 aliphatic rings. The molecule has 7 nitrogen and oxygen atoms in total. The summed E-state index contributed by atoms with van der Waals surface area (Å²) in [5.41, 5.74) is 2.18. The predicted octanol–water partition coefficient (Wildman–Crippen LogP) is 3.04. The molecule has 2 aliphatic heterocycles. The van der Waals surface area contributed by atoms with E-state index < -0.39 is 0 Å². The number of rotatable bonds is 7. The second-order valence-electron chi connectivity index (χ2n) is 8.72. The molecule has 33 heavy (non-hydrogen) atoms. The van der Waals surface area contributed by atoms with Crippen LogP contribution >= 0.6 is 0 Å². The van der Waals surface area contributed by atoms with Crippen molar-refractivity contribution in [2.24, 2.45) is 0 Å². The Morgan fingerprint density at radius 1 is 0.970 bits per heavy atom. The number of hydrogen-bond donors (Lipinski definition) is 1. The maximum Gasteiger partial charge on any atom is 0.251 e. The fourth-order valence-electron chi connectivity index (χ4n) is 4.69. The Balaban J connectivity index is 1.13. The summed E-state index contributed by atoms with van der Waals surface area (Å²) in [4.78, 5) is 15.0. The van der Waals surface area contributed by atoms with Crippen LogP contribution in [0.5, 0.6) is 17.2 Å². The van der Waals surface area contributed by atoms with Crippen LogP contribution in [-0.2, 0) is 13.1 Å². The lowest BCUT2D eigenvalue weighted by molar-refractivity contribution is 0.171. The lowest BCUT2D eigenvalue weighted by atomic mass is 10.0. The minimum absolute atomic E-state index is 0.0340. The van der Waals surface area contributed by atoms with Crippen LogP contribution in [0.2, 0.25) is 0 Å². The van der Waals surface area contributed by atoms with Crippen LogP contribution in [0.4, 0.5) is 0 Å². The van der Waals surface area contributed by atoms with Crippen LogP contribution in [0.1, 0.15) is 18.4 Å². The number of likely N-dealkylation sites (tertiary alicyclic amines) is 1. The van der Waals surface area contributed by atoms with Crippen molar-refractivity contribution >= 4 is 10.9 Å². The molecule has 0 radical (unpaired) electrons. The van der Waals surface area contributed by atoms with E-state index in [1.807, 2.05) is 34.9 Å². The molecule has 2 aromatic carbocycles. The van der Waals surface area contributed by atoms with Gasteiger partial charge >= 0.3 is 0 Å². The molecule has 0 unspecified atom stereocenters. The van der Waals surface area contributed by atoms with E-state index in [4.69, 9.17) is 14.2 Å². The molecule has 0 aliphatic carbocycles. The quantitative estimate of drug-likeness (QED) is 0.598. The summed E-state index contributed by atoms with van der Waals surface area (Å²) in [5, 5.41) is 4.75. The molecule has 0 saturated carbocycles. The van der Waals surface area contributed by atoms with E-state index >= 15 is 0 Å². The van der Waals surface area contributed by atoms with E-state index in [0.717, 1.165) is 67.2 Å². The van der Waals surface area contributed by atoms with Crippen molar-refractivity contribution in [3.05, 3.63) is 64.4 Å². The van der Waals surface area contributed by atoms with Gasteiger partial charge in [0.1, 0.15) is 19.0 Å². The topological polar surface area (TPSA) is 65.0 Å². The van der Waals surface area contributed by atoms with Crippen molar-refractivity contribution in [2.75, 3.05) is 40.0 Å². The number of ether oxygens (including phenoxy) is 3. The van der Waals surface area contributed by atoms with Gasteiger partial charge in [-0.25, -0.2) is 0 Å². The maximum absolute atomic E-state index is 12.5. The van der Waals surface area contributed by atoms with Gasteiger partial charge in [-0.2, -0.15) is 0 Å². The zero-order chi connectivity index (χ0) is 22.6. The number of nitrogens with zero attached hydrogens (tertiary/aromatic N) is 2. The third kappa shape index (κ3) is 4.99. The number of pyridine rings is 1. The lowest BCUT2D eigenvalue weighted by Gasteiger charge is -2.32. The number of hydrogen-bond acceptors (Lipinski definition) is 6. The molecule has 0 atom stereocenters. The van der Waals surface area contributed by atoms with E-state index in [-0.39, 0.29) is 5.56 Å². The Labute approximate surface area is 193 Å². The van der Waals surface area contributed by atoms with E-state index in [1.54, 1.807) is 13.2 Å². The third-order valence-corrected chi connectivity index (χ3v) is 6.63. The lowest BCUT2D eigenvalue weighted by Crippen LogP contribution is -2.43. The number of aromatic nitrogens is 1. The number of nitrogens with one attached hydrogen (secondary N) is 1. The van der Waals surface area contributed by atoms with E-state index in [0.29, 0.717) is 25.8 Å². The van der Waals surface area contributed by atoms with Gasteiger partial charge < -0.3 is 29.0 Å². The number of benzene rings is 2. The monoisotopic (exact) mass is 449 g/mol. The van der Waals surface area contributed by atoms with Crippen LogP contribution in [-0.4, -0.2) is 55.5 Å². The highest BCUT2D eigenvalue weighted by Gasteiger charge is 2.19. The normalized spacial score (nSPS) is 16.8. The molecular weight excluding hydrogens is 418 g/mol. The molecule has 0 amide bonds. The molecule has 174 valence electrons. The first-order valence-electron chi connectivity index (χ1n) is 11.7. The summed E-state index contributed by atoms with van der Waals surface area (Å²) in [5.74, 6) is 2.45. The zero-order valence-electron chi connectivity index (χ0n) is 19.1. The van der Waals surface area contributed by atoms with Crippen molar-refractivity contribution in [2.45, 2.75) is 32.0 Å². The highest BCUT2D eigenvalue weighted by molar-refractivity contribution is 5.80. The average molecular weight is 450 g/mol. The Morgan fingerprint density at radius 2 is 1.76 bits per heavy atom. The summed E-state index contributed by atoms with van der Waals surface area (Å²) in [6, 6.07) is 16.1. The molecule has 1 aromatic heterocycles. The Kier molecular flexibility index (Phi) is 6.51.